The molecule has 8 heteroatoms. The van der Waals surface area contributed by atoms with Crippen molar-refractivity contribution in [3.63, 3.8) is 0 Å². The van der Waals surface area contributed by atoms with E-state index in [1.165, 1.54) is 22.8 Å². The van der Waals surface area contributed by atoms with Gasteiger partial charge in [-0.25, -0.2) is 9.67 Å². The Hall–Kier alpha value is -1.57. The fraction of sp³-hybridized carbons (Fsp3) is 0.636. The molecule has 0 bridgehead atoms. The fourth-order valence-corrected chi connectivity index (χ4v) is 1.96. The highest BCUT2D eigenvalue weighted by Crippen LogP contribution is 2.39. The molecule has 1 aromatic heterocycles. The monoisotopic (exact) mass is 285 g/mol. The lowest BCUT2D eigenvalue weighted by Crippen LogP contribution is -2.53. The molecular weight excluding hydrogens is 266 g/mol. The highest BCUT2D eigenvalue weighted by atomic mass is 32.2. The van der Waals surface area contributed by atoms with E-state index < -0.39 is 16.7 Å². The van der Waals surface area contributed by atoms with Crippen molar-refractivity contribution in [3.8, 4) is 0 Å². The van der Waals surface area contributed by atoms with Crippen molar-refractivity contribution >= 4 is 23.5 Å². The van der Waals surface area contributed by atoms with Crippen LogP contribution in [0, 0.1) is 10.8 Å². The third-order valence-electron chi connectivity index (χ3n) is 3.41. The van der Waals surface area contributed by atoms with Gasteiger partial charge in [0.15, 0.2) is 5.84 Å². The zero-order chi connectivity index (χ0) is 14.8. The number of hydrogen-bond acceptors (Lipinski definition) is 6. The molecule has 0 radical (unpaired) electrons. The summed E-state index contributed by atoms with van der Waals surface area (Å²) in [6.45, 7) is 7.16. The lowest BCUT2D eigenvalue weighted by molar-refractivity contribution is -0.127. The maximum Gasteiger partial charge on any atom is 0.231 e. The minimum absolute atomic E-state index is 0.0558. The minimum Gasteiger partial charge on any atom is -0.409 e. The van der Waals surface area contributed by atoms with E-state index in [0.717, 1.165) is 0 Å². The predicted molar refractivity (Wildman–Crippen MR) is 73.2 cm³/mol. The standard InChI is InChI=1S/C11H19N5O2S/c1-10(2,3)11(4,7(12)17)8(15-18)16-6-13-9(14-16)19-5/h6,18H,1-5H3,(H2,12,17). The van der Waals surface area contributed by atoms with Gasteiger partial charge >= 0.3 is 0 Å². The highest BCUT2D eigenvalue weighted by Gasteiger charge is 2.49. The van der Waals surface area contributed by atoms with Crippen molar-refractivity contribution < 1.29 is 10.0 Å². The molecule has 0 saturated heterocycles. The lowest BCUT2D eigenvalue weighted by atomic mass is 9.66. The molecule has 1 rings (SSSR count). The Morgan fingerprint density at radius 2 is 2.05 bits per heavy atom. The topological polar surface area (TPSA) is 106 Å². The minimum atomic E-state index is -1.19. The molecule has 1 aromatic rings. The second-order valence-electron chi connectivity index (χ2n) is 5.34. The van der Waals surface area contributed by atoms with Crippen LogP contribution in [0.15, 0.2) is 16.6 Å². The third kappa shape index (κ3) is 2.58. The highest BCUT2D eigenvalue weighted by molar-refractivity contribution is 7.98. The quantitative estimate of drug-likeness (QED) is 0.285. The lowest BCUT2D eigenvalue weighted by Gasteiger charge is -2.38. The number of aromatic nitrogens is 3. The van der Waals surface area contributed by atoms with E-state index in [1.54, 1.807) is 6.92 Å². The number of carbonyl (C=O) groups excluding carboxylic acids is 1. The summed E-state index contributed by atoms with van der Waals surface area (Å²) < 4.78 is 1.28. The van der Waals surface area contributed by atoms with E-state index in [2.05, 4.69) is 15.2 Å². The van der Waals surface area contributed by atoms with Gasteiger partial charge in [-0.1, -0.05) is 37.7 Å². The summed E-state index contributed by atoms with van der Waals surface area (Å²) >= 11 is 1.35. The zero-order valence-corrected chi connectivity index (χ0v) is 12.5. The van der Waals surface area contributed by atoms with Gasteiger partial charge < -0.3 is 10.9 Å². The maximum absolute atomic E-state index is 11.9. The molecule has 0 aromatic carbocycles. The number of nitrogens with two attached hydrogens (primary N) is 1. The summed E-state index contributed by atoms with van der Waals surface area (Å²) in [6, 6.07) is 0. The summed E-state index contributed by atoms with van der Waals surface area (Å²) in [6.07, 6.45) is 3.22. The summed E-state index contributed by atoms with van der Waals surface area (Å²) in [5.41, 5.74) is 3.77. The van der Waals surface area contributed by atoms with Gasteiger partial charge in [-0.05, 0) is 18.6 Å². The van der Waals surface area contributed by atoms with Crippen molar-refractivity contribution in [2.45, 2.75) is 32.9 Å². The van der Waals surface area contributed by atoms with Crippen LogP contribution < -0.4 is 5.73 Å². The van der Waals surface area contributed by atoms with Crippen LogP contribution >= 0.6 is 11.8 Å². The Morgan fingerprint density at radius 3 is 2.37 bits per heavy atom. The molecule has 1 amide bonds. The number of oxime groups is 1. The van der Waals surface area contributed by atoms with Crippen LogP contribution in [-0.4, -0.2) is 38.0 Å². The predicted octanol–water partition coefficient (Wildman–Crippen LogP) is 1.17. The number of amides is 1. The second-order valence-corrected chi connectivity index (χ2v) is 6.11. The fourth-order valence-electron chi connectivity index (χ4n) is 1.63. The molecule has 0 aliphatic carbocycles. The van der Waals surface area contributed by atoms with Gasteiger partial charge in [0.05, 0.1) is 0 Å². The zero-order valence-electron chi connectivity index (χ0n) is 11.7. The average molecular weight is 285 g/mol. The van der Waals surface area contributed by atoms with Gasteiger partial charge in [0.2, 0.25) is 11.1 Å². The van der Waals surface area contributed by atoms with Crippen molar-refractivity contribution in [3.05, 3.63) is 6.33 Å². The summed E-state index contributed by atoms with van der Waals surface area (Å²) in [5.74, 6) is -0.533. The SMILES string of the molecule is CSc1ncn(C(=NO)C(C)(C(N)=O)C(C)(C)C)n1. The first-order valence-corrected chi connectivity index (χ1v) is 6.89. The first-order chi connectivity index (χ1) is 8.68. The van der Waals surface area contributed by atoms with Crippen LogP contribution in [0.5, 0.6) is 0 Å². The van der Waals surface area contributed by atoms with Crippen LogP contribution in [0.25, 0.3) is 0 Å². The third-order valence-corrected chi connectivity index (χ3v) is 3.96. The Balaban J connectivity index is 3.39. The van der Waals surface area contributed by atoms with E-state index in [9.17, 15) is 10.0 Å². The van der Waals surface area contributed by atoms with Crippen molar-refractivity contribution in [1.82, 2.24) is 14.8 Å². The Morgan fingerprint density at radius 1 is 1.47 bits per heavy atom. The Bertz CT molecular complexity index is 505. The van der Waals surface area contributed by atoms with E-state index in [4.69, 9.17) is 5.73 Å². The molecule has 1 atom stereocenters. The normalized spacial score (nSPS) is 16.2. The first-order valence-electron chi connectivity index (χ1n) is 5.67. The molecule has 1 unspecified atom stereocenters. The second kappa shape index (κ2) is 5.20. The van der Waals surface area contributed by atoms with Crippen LogP contribution in [0.1, 0.15) is 27.7 Å². The van der Waals surface area contributed by atoms with Gasteiger partial charge in [-0.15, -0.1) is 5.10 Å². The number of nitrogens with zero attached hydrogens (tertiary/aromatic N) is 4. The van der Waals surface area contributed by atoms with E-state index >= 15 is 0 Å². The average Bonchev–Trinajstić information content (AvgIpc) is 2.76. The summed E-state index contributed by atoms with van der Waals surface area (Å²) in [5, 5.41) is 17.2. The smallest absolute Gasteiger partial charge is 0.231 e. The summed E-state index contributed by atoms with van der Waals surface area (Å²) in [7, 11) is 0. The van der Waals surface area contributed by atoms with Crippen LogP contribution in [0.2, 0.25) is 0 Å². The van der Waals surface area contributed by atoms with Gasteiger partial charge in [-0.3, -0.25) is 4.79 Å². The number of carbonyl (C=O) groups is 1. The molecule has 19 heavy (non-hydrogen) atoms. The molecule has 0 saturated carbocycles. The largest absolute Gasteiger partial charge is 0.409 e. The molecule has 0 spiro atoms. The van der Waals surface area contributed by atoms with Gasteiger partial charge in [0.25, 0.3) is 0 Å². The molecule has 106 valence electrons. The number of hydrogen-bond donors (Lipinski definition) is 2. The number of primary amides is 1. The van der Waals surface area contributed by atoms with Crippen LogP contribution in [0.3, 0.4) is 0 Å². The van der Waals surface area contributed by atoms with E-state index in [1.807, 2.05) is 27.0 Å². The Labute approximate surface area is 116 Å². The van der Waals surface area contributed by atoms with Gasteiger partial charge in [0.1, 0.15) is 11.7 Å². The number of rotatable bonds is 3. The molecular formula is C11H19N5O2S. The Kier molecular flexibility index (Phi) is 4.24. The maximum atomic E-state index is 11.9. The van der Waals surface area contributed by atoms with Crippen molar-refractivity contribution in [1.29, 1.82) is 0 Å². The first kappa shape index (κ1) is 15.5. The van der Waals surface area contributed by atoms with Crippen LogP contribution in [-0.2, 0) is 4.79 Å². The molecule has 0 aliphatic rings. The molecule has 0 fully saturated rings. The molecule has 1 heterocycles. The molecule has 3 N–H and O–H groups in total. The van der Waals surface area contributed by atoms with Gasteiger partial charge in [0, 0.05) is 0 Å². The van der Waals surface area contributed by atoms with Gasteiger partial charge in [-0.2, -0.15) is 0 Å². The van der Waals surface area contributed by atoms with E-state index in [-0.39, 0.29) is 5.84 Å². The van der Waals surface area contributed by atoms with Crippen LogP contribution in [0.4, 0.5) is 0 Å². The van der Waals surface area contributed by atoms with Crippen molar-refractivity contribution in [2.75, 3.05) is 6.26 Å². The van der Waals surface area contributed by atoms with Crippen molar-refractivity contribution in [2.24, 2.45) is 21.7 Å². The molecule has 7 nitrogen and oxygen atoms in total. The molecule has 0 aliphatic heterocycles. The number of thioether (sulfide) groups is 1. The van der Waals surface area contributed by atoms with E-state index in [0.29, 0.717) is 5.16 Å². The summed E-state index contributed by atoms with van der Waals surface area (Å²) in [4.78, 5) is 15.9.